The van der Waals surface area contributed by atoms with Gasteiger partial charge in [0, 0.05) is 44.3 Å². The molecule has 0 unspecified atom stereocenters. The Morgan fingerprint density at radius 2 is 1.95 bits per heavy atom. The monoisotopic (exact) mass is 273 g/mol. The lowest BCUT2D eigenvalue weighted by atomic mass is 9.76. The first-order valence-corrected chi connectivity index (χ1v) is 7.52. The molecule has 2 fully saturated rings. The predicted octanol–water partition coefficient (Wildman–Crippen LogP) is 1.98. The largest absolute Gasteiger partial charge is 0.337 e. The molecule has 2 saturated heterocycles. The van der Waals surface area contributed by atoms with Crippen LogP contribution in [0.25, 0.3) is 0 Å². The number of carbonyl (C=O) groups excluding carboxylic acids is 1. The number of rotatable bonds is 2. The van der Waals surface area contributed by atoms with Crippen LogP contribution in [-0.2, 0) is 11.3 Å². The van der Waals surface area contributed by atoms with Crippen molar-refractivity contribution in [3.63, 3.8) is 0 Å². The molecule has 4 heteroatoms. The van der Waals surface area contributed by atoms with Gasteiger partial charge in [0.15, 0.2) is 0 Å². The van der Waals surface area contributed by atoms with Crippen molar-refractivity contribution in [2.24, 2.45) is 0 Å². The quantitative estimate of drug-likeness (QED) is 0.826. The number of amides is 1. The third-order valence-electron chi connectivity index (χ3n) is 4.87. The molecule has 108 valence electrons. The van der Waals surface area contributed by atoms with Crippen molar-refractivity contribution in [2.75, 3.05) is 19.6 Å². The lowest BCUT2D eigenvalue weighted by Crippen LogP contribution is -2.65. The standard InChI is InChI=1S/C16H23N3O/c1-13-4-3-5-15(17-13)12-18-9-6-16(7-10-18)8-11-19(16)14(2)20/h3-5H,6-12H2,1-2H3. The minimum absolute atomic E-state index is 0.183. The van der Waals surface area contributed by atoms with Crippen molar-refractivity contribution in [2.45, 2.75) is 45.2 Å². The smallest absolute Gasteiger partial charge is 0.219 e. The molecular weight excluding hydrogens is 250 g/mol. The van der Waals surface area contributed by atoms with Crippen LogP contribution in [-0.4, -0.2) is 45.9 Å². The van der Waals surface area contributed by atoms with Crippen LogP contribution < -0.4 is 0 Å². The lowest BCUT2D eigenvalue weighted by Gasteiger charge is -2.56. The number of nitrogens with zero attached hydrogens (tertiary/aromatic N) is 3. The van der Waals surface area contributed by atoms with Crippen LogP contribution in [0.1, 0.15) is 37.6 Å². The summed E-state index contributed by atoms with van der Waals surface area (Å²) in [4.78, 5) is 20.7. The van der Waals surface area contributed by atoms with Gasteiger partial charge in [-0.2, -0.15) is 0 Å². The van der Waals surface area contributed by atoms with Gasteiger partial charge in [-0.3, -0.25) is 14.7 Å². The zero-order valence-electron chi connectivity index (χ0n) is 12.4. The Kier molecular flexibility index (Phi) is 3.50. The number of likely N-dealkylation sites (tertiary alicyclic amines) is 2. The number of aromatic nitrogens is 1. The first-order chi connectivity index (χ1) is 9.59. The van der Waals surface area contributed by atoms with Crippen LogP contribution >= 0.6 is 0 Å². The predicted molar refractivity (Wildman–Crippen MR) is 78.2 cm³/mol. The summed E-state index contributed by atoms with van der Waals surface area (Å²) in [6, 6.07) is 6.21. The second kappa shape index (κ2) is 5.17. The fourth-order valence-electron chi connectivity index (χ4n) is 3.60. The molecule has 0 bridgehead atoms. The first kappa shape index (κ1) is 13.6. The zero-order valence-corrected chi connectivity index (χ0v) is 12.4. The summed E-state index contributed by atoms with van der Waals surface area (Å²) in [7, 11) is 0. The maximum Gasteiger partial charge on any atom is 0.219 e. The van der Waals surface area contributed by atoms with Gasteiger partial charge in [0.2, 0.25) is 5.91 Å². The number of hydrogen-bond donors (Lipinski definition) is 0. The van der Waals surface area contributed by atoms with Crippen molar-refractivity contribution in [1.82, 2.24) is 14.8 Å². The Morgan fingerprint density at radius 1 is 1.25 bits per heavy atom. The highest BCUT2D eigenvalue weighted by Gasteiger charge is 2.47. The summed E-state index contributed by atoms with van der Waals surface area (Å²) < 4.78 is 0. The van der Waals surface area contributed by atoms with Crippen LogP contribution in [0.3, 0.4) is 0 Å². The summed E-state index contributed by atoms with van der Waals surface area (Å²) in [6.45, 7) is 7.75. The molecule has 1 aromatic rings. The fraction of sp³-hybridized carbons (Fsp3) is 0.625. The number of piperidine rings is 1. The molecule has 1 aromatic heterocycles. The van der Waals surface area contributed by atoms with E-state index in [0.29, 0.717) is 0 Å². The van der Waals surface area contributed by atoms with Gasteiger partial charge < -0.3 is 4.90 Å². The molecule has 0 atom stereocenters. The maximum atomic E-state index is 11.6. The van der Waals surface area contributed by atoms with Crippen molar-refractivity contribution in [1.29, 1.82) is 0 Å². The highest BCUT2D eigenvalue weighted by molar-refractivity contribution is 5.75. The highest BCUT2D eigenvalue weighted by Crippen LogP contribution is 2.40. The Hall–Kier alpha value is -1.42. The summed E-state index contributed by atoms with van der Waals surface area (Å²) in [5, 5.41) is 0. The molecule has 2 aliphatic heterocycles. The first-order valence-electron chi connectivity index (χ1n) is 7.52. The van der Waals surface area contributed by atoms with E-state index in [1.165, 1.54) is 6.42 Å². The van der Waals surface area contributed by atoms with Crippen LogP contribution in [0.4, 0.5) is 0 Å². The lowest BCUT2D eigenvalue weighted by molar-refractivity contribution is -0.149. The zero-order chi connectivity index (χ0) is 14.2. The summed E-state index contributed by atoms with van der Waals surface area (Å²) in [5.41, 5.74) is 2.42. The van der Waals surface area contributed by atoms with Crippen molar-refractivity contribution < 1.29 is 4.79 Å². The molecule has 4 nitrogen and oxygen atoms in total. The number of aryl methyl sites for hydroxylation is 1. The third kappa shape index (κ3) is 2.44. The van der Waals surface area contributed by atoms with Crippen molar-refractivity contribution in [3.05, 3.63) is 29.6 Å². The topological polar surface area (TPSA) is 36.4 Å². The van der Waals surface area contributed by atoms with E-state index in [0.717, 1.165) is 50.4 Å². The van der Waals surface area contributed by atoms with E-state index >= 15 is 0 Å². The molecule has 20 heavy (non-hydrogen) atoms. The average molecular weight is 273 g/mol. The second-order valence-electron chi connectivity index (χ2n) is 6.19. The molecule has 1 spiro atoms. The van der Waals surface area contributed by atoms with E-state index in [9.17, 15) is 4.79 Å². The molecule has 2 aliphatic rings. The molecular formula is C16H23N3O. The molecule has 0 radical (unpaired) electrons. The molecule has 3 rings (SSSR count). The van der Waals surface area contributed by atoms with E-state index < -0.39 is 0 Å². The van der Waals surface area contributed by atoms with Gasteiger partial charge in [0.25, 0.3) is 0 Å². The number of hydrogen-bond acceptors (Lipinski definition) is 3. The van der Waals surface area contributed by atoms with Crippen LogP contribution in [0.15, 0.2) is 18.2 Å². The Balaban J connectivity index is 1.58. The van der Waals surface area contributed by atoms with E-state index in [-0.39, 0.29) is 11.4 Å². The van der Waals surface area contributed by atoms with Crippen LogP contribution in [0.5, 0.6) is 0 Å². The summed E-state index contributed by atoms with van der Waals surface area (Å²) >= 11 is 0. The van der Waals surface area contributed by atoms with E-state index in [1.807, 2.05) is 13.0 Å². The molecule has 0 N–H and O–H groups in total. The molecule has 0 saturated carbocycles. The molecule has 1 amide bonds. The number of pyridine rings is 1. The molecule has 0 aromatic carbocycles. The Bertz CT molecular complexity index is 506. The average Bonchev–Trinajstić information content (AvgIpc) is 2.38. The van der Waals surface area contributed by atoms with Gasteiger partial charge in [0.1, 0.15) is 0 Å². The van der Waals surface area contributed by atoms with Crippen molar-refractivity contribution in [3.8, 4) is 0 Å². The Morgan fingerprint density at radius 3 is 2.50 bits per heavy atom. The number of carbonyl (C=O) groups is 1. The minimum atomic E-state index is 0.183. The van der Waals surface area contributed by atoms with E-state index in [4.69, 9.17) is 0 Å². The normalized spacial score (nSPS) is 21.8. The summed E-state index contributed by atoms with van der Waals surface area (Å²) in [6.07, 6.45) is 3.40. The molecule has 3 heterocycles. The van der Waals surface area contributed by atoms with Crippen LogP contribution in [0.2, 0.25) is 0 Å². The van der Waals surface area contributed by atoms with Gasteiger partial charge in [-0.05, 0) is 38.3 Å². The minimum Gasteiger partial charge on any atom is -0.337 e. The van der Waals surface area contributed by atoms with Crippen molar-refractivity contribution >= 4 is 5.91 Å². The second-order valence-corrected chi connectivity index (χ2v) is 6.19. The SMILES string of the molecule is CC(=O)N1CCC12CCN(Cc1cccc(C)n1)CC2. The van der Waals surface area contributed by atoms with Gasteiger partial charge in [-0.25, -0.2) is 0 Å². The Labute approximate surface area is 120 Å². The van der Waals surface area contributed by atoms with E-state index in [2.05, 4.69) is 26.9 Å². The third-order valence-corrected chi connectivity index (χ3v) is 4.87. The fourth-order valence-corrected chi connectivity index (χ4v) is 3.60. The van der Waals surface area contributed by atoms with Crippen LogP contribution in [0, 0.1) is 6.92 Å². The summed E-state index contributed by atoms with van der Waals surface area (Å²) in [5.74, 6) is 0.241. The van der Waals surface area contributed by atoms with E-state index in [1.54, 1.807) is 6.92 Å². The van der Waals surface area contributed by atoms with Gasteiger partial charge in [-0.15, -0.1) is 0 Å². The van der Waals surface area contributed by atoms with Gasteiger partial charge in [-0.1, -0.05) is 6.07 Å². The highest BCUT2D eigenvalue weighted by atomic mass is 16.2. The van der Waals surface area contributed by atoms with Gasteiger partial charge in [0.05, 0.1) is 5.69 Å². The molecule has 0 aliphatic carbocycles. The maximum absolute atomic E-state index is 11.6. The van der Waals surface area contributed by atoms with Gasteiger partial charge >= 0.3 is 0 Å².